The number of carbonyl (C=O) groups excluding carboxylic acids is 1. The summed E-state index contributed by atoms with van der Waals surface area (Å²) in [5, 5.41) is 6.33. The Hall–Kier alpha value is -2.16. The van der Waals surface area contributed by atoms with Crippen molar-refractivity contribution in [3.05, 3.63) is 59.4 Å². The van der Waals surface area contributed by atoms with Gasteiger partial charge in [0.1, 0.15) is 4.90 Å². The van der Waals surface area contributed by atoms with Crippen molar-refractivity contribution < 1.29 is 13.2 Å². The molecule has 1 aliphatic rings. The molecule has 1 fully saturated rings. The predicted molar refractivity (Wildman–Crippen MR) is 107 cm³/mol. The number of piperidine rings is 1. The molecule has 3 rings (SSSR count). The van der Waals surface area contributed by atoms with Gasteiger partial charge in [0.05, 0.1) is 0 Å². The minimum atomic E-state index is -3.50. The van der Waals surface area contributed by atoms with Crippen LogP contribution >= 0.6 is 11.6 Å². The molecule has 0 saturated carbocycles. The second-order valence-corrected chi connectivity index (χ2v) is 9.10. The Morgan fingerprint density at radius 1 is 1.14 bits per heavy atom. The highest BCUT2D eigenvalue weighted by atomic mass is 35.5. The van der Waals surface area contributed by atoms with Crippen molar-refractivity contribution in [1.82, 2.24) is 19.9 Å². The summed E-state index contributed by atoms with van der Waals surface area (Å²) in [7, 11) is -3.50. The molecular formula is C19H23ClN4O3S. The van der Waals surface area contributed by atoms with Crippen LogP contribution in [0, 0.1) is 5.92 Å². The molecule has 150 valence electrons. The van der Waals surface area contributed by atoms with Gasteiger partial charge in [-0.2, -0.15) is 4.31 Å². The molecule has 2 N–H and O–H groups in total. The molecule has 0 atom stereocenters. The lowest BCUT2D eigenvalue weighted by Gasteiger charge is -2.31. The number of hydrogen-bond donors (Lipinski definition) is 2. The summed E-state index contributed by atoms with van der Waals surface area (Å²) in [5.41, 5.74) is 0.966. The number of aromatic nitrogens is 1. The maximum Gasteiger partial charge on any atom is 0.315 e. The van der Waals surface area contributed by atoms with Crippen LogP contribution in [0.25, 0.3) is 0 Å². The van der Waals surface area contributed by atoms with Crippen LogP contribution in [0.1, 0.15) is 18.4 Å². The molecule has 0 radical (unpaired) electrons. The van der Waals surface area contributed by atoms with Crippen LogP contribution in [0.5, 0.6) is 0 Å². The Morgan fingerprint density at radius 3 is 2.50 bits per heavy atom. The van der Waals surface area contributed by atoms with Crippen molar-refractivity contribution in [2.45, 2.75) is 24.3 Å². The fraction of sp³-hybridized carbons (Fsp3) is 0.368. The number of pyridine rings is 1. The molecule has 2 amide bonds. The third-order valence-electron chi connectivity index (χ3n) is 4.76. The molecule has 1 aromatic carbocycles. The first kappa shape index (κ1) is 20.6. The first-order valence-corrected chi connectivity index (χ1v) is 10.9. The minimum absolute atomic E-state index is 0.216. The molecule has 0 spiro atoms. The molecule has 28 heavy (non-hydrogen) atoms. The van der Waals surface area contributed by atoms with Crippen LogP contribution in [0.2, 0.25) is 5.02 Å². The van der Waals surface area contributed by atoms with Gasteiger partial charge in [0.15, 0.2) is 0 Å². The standard InChI is InChI=1S/C19H23ClN4O3S/c20-17-5-3-15(4-6-17)12-22-19(25)23-13-16-7-10-24(11-8-16)28(26,27)18-2-1-9-21-14-18/h1-6,9,14,16H,7-8,10-13H2,(H2,22,23,25). The van der Waals surface area contributed by atoms with E-state index in [0.29, 0.717) is 44.0 Å². The summed E-state index contributed by atoms with van der Waals surface area (Å²) in [6, 6.07) is 10.2. The molecule has 7 nitrogen and oxygen atoms in total. The van der Waals surface area contributed by atoms with Gasteiger partial charge in [-0.1, -0.05) is 23.7 Å². The summed E-state index contributed by atoms with van der Waals surface area (Å²) in [6.07, 6.45) is 4.33. The minimum Gasteiger partial charge on any atom is -0.338 e. The van der Waals surface area contributed by atoms with Gasteiger partial charge in [-0.3, -0.25) is 4.98 Å². The average molecular weight is 423 g/mol. The molecule has 0 bridgehead atoms. The van der Waals surface area contributed by atoms with Gasteiger partial charge in [-0.25, -0.2) is 13.2 Å². The normalized spacial score (nSPS) is 15.9. The first-order chi connectivity index (χ1) is 13.4. The summed E-state index contributed by atoms with van der Waals surface area (Å²) >= 11 is 5.84. The van der Waals surface area contributed by atoms with E-state index in [4.69, 9.17) is 11.6 Å². The summed E-state index contributed by atoms with van der Waals surface area (Å²) < 4.78 is 26.7. The number of nitrogens with zero attached hydrogens (tertiary/aromatic N) is 2. The maximum atomic E-state index is 12.6. The van der Waals surface area contributed by atoms with E-state index in [1.807, 2.05) is 12.1 Å². The third kappa shape index (κ3) is 5.43. The Kier molecular flexibility index (Phi) is 6.88. The number of carbonyl (C=O) groups is 1. The highest BCUT2D eigenvalue weighted by molar-refractivity contribution is 7.89. The van der Waals surface area contributed by atoms with Crippen LogP contribution in [0.4, 0.5) is 4.79 Å². The number of sulfonamides is 1. The zero-order valence-electron chi connectivity index (χ0n) is 15.3. The van der Waals surface area contributed by atoms with Crippen molar-refractivity contribution in [3.63, 3.8) is 0 Å². The Morgan fingerprint density at radius 2 is 1.86 bits per heavy atom. The van der Waals surface area contributed by atoms with Crippen molar-refractivity contribution in [1.29, 1.82) is 0 Å². The number of urea groups is 1. The summed E-state index contributed by atoms with van der Waals surface area (Å²) in [6.45, 7) is 1.82. The fourth-order valence-corrected chi connectivity index (χ4v) is 4.65. The average Bonchev–Trinajstić information content (AvgIpc) is 2.73. The van der Waals surface area contributed by atoms with E-state index < -0.39 is 10.0 Å². The van der Waals surface area contributed by atoms with Gasteiger partial charge in [0, 0.05) is 43.6 Å². The smallest absolute Gasteiger partial charge is 0.315 e. The van der Waals surface area contributed by atoms with Crippen LogP contribution in [-0.2, 0) is 16.6 Å². The zero-order chi connectivity index (χ0) is 20.0. The summed E-state index contributed by atoms with van der Waals surface area (Å²) in [5.74, 6) is 0.252. The fourth-order valence-electron chi connectivity index (χ4n) is 3.09. The SMILES string of the molecule is O=C(NCc1ccc(Cl)cc1)NCC1CCN(S(=O)(=O)c2cccnc2)CC1. The van der Waals surface area contributed by atoms with Crippen molar-refractivity contribution in [3.8, 4) is 0 Å². The molecular weight excluding hydrogens is 400 g/mol. The quantitative estimate of drug-likeness (QED) is 0.748. The van der Waals surface area contributed by atoms with Crippen LogP contribution in [-0.4, -0.2) is 43.4 Å². The molecule has 1 aromatic heterocycles. The van der Waals surface area contributed by atoms with Crippen molar-refractivity contribution in [2.24, 2.45) is 5.92 Å². The highest BCUT2D eigenvalue weighted by Gasteiger charge is 2.29. The van der Waals surface area contributed by atoms with E-state index in [-0.39, 0.29) is 16.8 Å². The lowest BCUT2D eigenvalue weighted by molar-refractivity contribution is 0.230. The maximum absolute atomic E-state index is 12.6. The zero-order valence-corrected chi connectivity index (χ0v) is 16.9. The van der Waals surface area contributed by atoms with E-state index in [1.165, 1.54) is 10.5 Å². The van der Waals surface area contributed by atoms with Crippen LogP contribution in [0.15, 0.2) is 53.7 Å². The molecule has 1 saturated heterocycles. The van der Waals surface area contributed by atoms with Gasteiger partial charge < -0.3 is 10.6 Å². The Balaban J connectivity index is 1.40. The molecule has 2 heterocycles. The van der Waals surface area contributed by atoms with Gasteiger partial charge in [0.25, 0.3) is 0 Å². The number of hydrogen-bond acceptors (Lipinski definition) is 4. The second kappa shape index (κ2) is 9.36. The van der Waals surface area contributed by atoms with E-state index in [0.717, 1.165) is 5.56 Å². The number of rotatable bonds is 6. The van der Waals surface area contributed by atoms with Gasteiger partial charge >= 0.3 is 6.03 Å². The van der Waals surface area contributed by atoms with E-state index >= 15 is 0 Å². The van der Waals surface area contributed by atoms with E-state index in [9.17, 15) is 13.2 Å². The number of halogens is 1. The predicted octanol–water partition coefficient (Wildman–Crippen LogP) is 2.64. The summed E-state index contributed by atoms with van der Waals surface area (Å²) in [4.78, 5) is 16.1. The van der Waals surface area contributed by atoms with Gasteiger partial charge in [0.2, 0.25) is 10.0 Å². The first-order valence-electron chi connectivity index (χ1n) is 9.11. The number of nitrogens with one attached hydrogen (secondary N) is 2. The number of benzene rings is 1. The lowest BCUT2D eigenvalue weighted by atomic mass is 9.98. The second-order valence-electron chi connectivity index (χ2n) is 6.73. The van der Waals surface area contributed by atoms with E-state index in [1.54, 1.807) is 30.5 Å². The van der Waals surface area contributed by atoms with Crippen LogP contribution in [0.3, 0.4) is 0 Å². The number of amides is 2. The topological polar surface area (TPSA) is 91.4 Å². The Bertz CT molecular complexity index is 883. The third-order valence-corrected chi connectivity index (χ3v) is 6.90. The lowest BCUT2D eigenvalue weighted by Crippen LogP contribution is -2.43. The van der Waals surface area contributed by atoms with Crippen LogP contribution < -0.4 is 10.6 Å². The molecule has 0 unspecified atom stereocenters. The Labute approximate surface area is 170 Å². The van der Waals surface area contributed by atoms with Crippen molar-refractivity contribution in [2.75, 3.05) is 19.6 Å². The highest BCUT2D eigenvalue weighted by Crippen LogP contribution is 2.23. The molecule has 0 aliphatic carbocycles. The molecule has 9 heteroatoms. The molecule has 2 aromatic rings. The van der Waals surface area contributed by atoms with Gasteiger partial charge in [-0.15, -0.1) is 0 Å². The largest absolute Gasteiger partial charge is 0.338 e. The molecule has 1 aliphatic heterocycles. The van der Waals surface area contributed by atoms with Crippen molar-refractivity contribution >= 4 is 27.7 Å². The van der Waals surface area contributed by atoms with Gasteiger partial charge in [-0.05, 0) is 48.6 Å². The monoisotopic (exact) mass is 422 g/mol. The van der Waals surface area contributed by atoms with E-state index in [2.05, 4.69) is 15.6 Å².